The number of rotatable bonds is 3. The molecule has 0 bridgehead atoms. The van der Waals surface area contributed by atoms with Gasteiger partial charge in [0, 0.05) is 16.7 Å². The topological polar surface area (TPSA) is 120 Å². The Bertz CT molecular complexity index is 1020. The predicted molar refractivity (Wildman–Crippen MR) is 126 cm³/mol. The maximum Gasteiger partial charge on any atom is 3.00 e. The van der Waals surface area contributed by atoms with E-state index in [1.54, 1.807) is 57.2 Å². The van der Waals surface area contributed by atoms with Gasteiger partial charge in [-0.1, -0.05) is 53.1 Å². The summed E-state index contributed by atoms with van der Waals surface area (Å²) in [6.07, 6.45) is 0. The number of carboxylic acids is 3. The molecular formula is C27H27AlO6. The summed E-state index contributed by atoms with van der Waals surface area (Å²) >= 11 is 0. The van der Waals surface area contributed by atoms with Crippen molar-refractivity contribution in [2.75, 3.05) is 0 Å². The van der Waals surface area contributed by atoms with Gasteiger partial charge in [0.15, 0.2) is 0 Å². The second-order valence-electron chi connectivity index (χ2n) is 7.82. The van der Waals surface area contributed by atoms with Crippen LogP contribution in [0.3, 0.4) is 0 Å². The summed E-state index contributed by atoms with van der Waals surface area (Å²) in [5, 5.41) is 31.4. The largest absolute Gasteiger partial charge is 3.00 e. The van der Waals surface area contributed by atoms with Crippen LogP contribution in [0.2, 0.25) is 0 Å². The van der Waals surface area contributed by atoms with Crippen molar-refractivity contribution >= 4 is 35.3 Å². The van der Waals surface area contributed by atoms with Crippen LogP contribution < -0.4 is 15.3 Å². The van der Waals surface area contributed by atoms with Gasteiger partial charge in [0.25, 0.3) is 0 Å². The summed E-state index contributed by atoms with van der Waals surface area (Å²) in [6.45, 7) is 10.8. The summed E-state index contributed by atoms with van der Waals surface area (Å²) in [5.74, 6) is -3.32. The van der Waals surface area contributed by atoms with Crippen LogP contribution in [-0.2, 0) is 0 Å². The molecule has 0 saturated heterocycles. The van der Waals surface area contributed by atoms with E-state index in [0.717, 1.165) is 33.4 Å². The zero-order chi connectivity index (χ0) is 25.3. The van der Waals surface area contributed by atoms with E-state index in [9.17, 15) is 29.7 Å². The fourth-order valence-corrected chi connectivity index (χ4v) is 2.87. The van der Waals surface area contributed by atoms with Gasteiger partial charge in [-0.3, -0.25) is 0 Å². The molecule has 0 aromatic heterocycles. The number of benzene rings is 3. The first-order valence-electron chi connectivity index (χ1n) is 10.2. The average Bonchev–Trinajstić information content (AvgIpc) is 2.73. The van der Waals surface area contributed by atoms with Gasteiger partial charge in [-0.25, -0.2) is 0 Å². The normalized spacial score (nSPS) is 9.35. The van der Waals surface area contributed by atoms with Crippen LogP contribution >= 0.6 is 0 Å². The molecule has 0 spiro atoms. The van der Waals surface area contributed by atoms with Gasteiger partial charge in [0.2, 0.25) is 0 Å². The van der Waals surface area contributed by atoms with Gasteiger partial charge in [-0.05, 0) is 76.4 Å². The van der Waals surface area contributed by atoms with Crippen LogP contribution in [0.4, 0.5) is 0 Å². The number of hydrogen-bond donors (Lipinski definition) is 0. The minimum atomic E-state index is -1.11. The van der Waals surface area contributed by atoms with Crippen molar-refractivity contribution in [3.63, 3.8) is 0 Å². The van der Waals surface area contributed by atoms with Crippen LogP contribution in [0.1, 0.15) is 64.5 Å². The van der Waals surface area contributed by atoms with Gasteiger partial charge in [0.05, 0.1) is 17.9 Å². The summed E-state index contributed by atoms with van der Waals surface area (Å²) in [7, 11) is 0. The standard InChI is InChI=1S/3C9H10O2.Al/c3*1-6-3-4-7(2)8(5-6)9(10)11;/h3*3-5H,1-2H3,(H,10,11);/q;;;+3/p-3. The fraction of sp³-hybridized carbons (Fsp3) is 0.222. The molecule has 0 saturated carbocycles. The smallest absolute Gasteiger partial charge is 0.545 e. The maximum absolute atomic E-state index is 10.5. The number of carbonyl (C=O) groups is 3. The van der Waals surface area contributed by atoms with E-state index in [1.165, 1.54) is 0 Å². The first-order valence-corrected chi connectivity index (χ1v) is 10.2. The maximum atomic E-state index is 10.5. The number of aromatic carboxylic acids is 3. The van der Waals surface area contributed by atoms with Crippen LogP contribution in [0, 0.1) is 41.5 Å². The second kappa shape index (κ2) is 14.0. The molecule has 0 aliphatic carbocycles. The Hall–Kier alpha value is -3.40. The number of hydrogen-bond acceptors (Lipinski definition) is 6. The van der Waals surface area contributed by atoms with Gasteiger partial charge < -0.3 is 29.7 Å². The van der Waals surface area contributed by atoms with Crippen molar-refractivity contribution in [1.29, 1.82) is 0 Å². The van der Waals surface area contributed by atoms with Gasteiger partial charge in [-0.15, -0.1) is 0 Å². The van der Waals surface area contributed by atoms with E-state index < -0.39 is 17.9 Å². The molecule has 3 aromatic rings. The zero-order valence-electron chi connectivity index (χ0n) is 20.2. The minimum absolute atomic E-state index is 0. The zero-order valence-corrected chi connectivity index (χ0v) is 21.4. The van der Waals surface area contributed by atoms with E-state index in [-0.39, 0.29) is 34.1 Å². The molecule has 174 valence electrons. The second-order valence-corrected chi connectivity index (χ2v) is 7.82. The Morgan fingerprint density at radius 1 is 0.471 bits per heavy atom. The average molecular weight is 474 g/mol. The van der Waals surface area contributed by atoms with E-state index in [1.807, 2.05) is 39.0 Å². The van der Waals surface area contributed by atoms with Crippen LogP contribution in [0.25, 0.3) is 0 Å². The van der Waals surface area contributed by atoms with E-state index >= 15 is 0 Å². The molecule has 0 N–H and O–H groups in total. The Morgan fingerprint density at radius 2 is 0.676 bits per heavy atom. The molecule has 0 fully saturated rings. The number of carbonyl (C=O) groups excluding carboxylic acids is 3. The molecular weight excluding hydrogens is 447 g/mol. The van der Waals surface area contributed by atoms with Crippen molar-refractivity contribution in [2.24, 2.45) is 0 Å². The molecule has 6 nitrogen and oxygen atoms in total. The third-order valence-electron chi connectivity index (χ3n) is 4.84. The predicted octanol–water partition coefficient (Wildman–Crippen LogP) is 1.62. The third-order valence-corrected chi connectivity index (χ3v) is 4.84. The molecule has 34 heavy (non-hydrogen) atoms. The van der Waals surface area contributed by atoms with Crippen molar-refractivity contribution in [3.05, 3.63) is 105 Å². The Kier molecular flexibility index (Phi) is 12.6. The number of aryl methyl sites for hydroxylation is 6. The summed E-state index contributed by atoms with van der Waals surface area (Å²) < 4.78 is 0. The number of carboxylic acid groups (broad SMARTS) is 3. The van der Waals surface area contributed by atoms with Crippen molar-refractivity contribution < 1.29 is 29.7 Å². The summed E-state index contributed by atoms with van der Waals surface area (Å²) in [5.41, 5.74) is 5.90. The molecule has 0 atom stereocenters. The van der Waals surface area contributed by atoms with Crippen LogP contribution in [0.15, 0.2) is 54.6 Å². The molecule has 0 amide bonds. The Balaban J connectivity index is 0.000000473. The molecule has 0 unspecified atom stereocenters. The molecule has 0 heterocycles. The fourth-order valence-electron chi connectivity index (χ4n) is 2.87. The van der Waals surface area contributed by atoms with Crippen molar-refractivity contribution in [3.8, 4) is 0 Å². The van der Waals surface area contributed by atoms with E-state index in [2.05, 4.69) is 0 Å². The molecule has 7 heteroatoms. The Labute approximate surface area is 211 Å². The quantitative estimate of drug-likeness (QED) is 0.532. The first-order chi connectivity index (χ1) is 15.3. The van der Waals surface area contributed by atoms with Crippen LogP contribution in [0.5, 0.6) is 0 Å². The van der Waals surface area contributed by atoms with Gasteiger partial charge in [0.1, 0.15) is 0 Å². The molecule has 0 aliphatic rings. The minimum Gasteiger partial charge on any atom is -0.545 e. The first kappa shape index (κ1) is 30.6. The third kappa shape index (κ3) is 9.62. The van der Waals surface area contributed by atoms with Crippen LogP contribution in [-0.4, -0.2) is 35.3 Å². The molecule has 0 radical (unpaired) electrons. The summed E-state index contributed by atoms with van der Waals surface area (Å²) in [6, 6.07) is 15.8. The van der Waals surface area contributed by atoms with E-state index in [0.29, 0.717) is 0 Å². The molecule has 3 aromatic carbocycles. The monoisotopic (exact) mass is 474 g/mol. The Morgan fingerprint density at radius 3 is 0.824 bits per heavy atom. The van der Waals surface area contributed by atoms with Gasteiger partial charge >= 0.3 is 17.4 Å². The SMILES string of the molecule is Cc1ccc(C)c(C(=O)[O-])c1.Cc1ccc(C)c(C(=O)[O-])c1.Cc1ccc(C)c(C(=O)[O-])c1.[Al+3]. The van der Waals surface area contributed by atoms with Gasteiger partial charge in [-0.2, -0.15) is 0 Å². The van der Waals surface area contributed by atoms with E-state index in [4.69, 9.17) is 0 Å². The molecule has 3 rings (SSSR count). The van der Waals surface area contributed by atoms with Crippen molar-refractivity contribution in [1.82, 2.24) is 0 Å². The van der Waals surface area contributed by atoms with Crippen molar-refractivity contribution in [2.45, 2.75) is 41.5 Å². The molecule has 0 aliphatic heterocycles. The summed E-state index contributed by atoms with van der Waals surface area (Å²) in [4.78, 5) is 31.4.